The number of alkyl halides is 3. The van der Waals surface area contributed by atoms with Gasteiger partial charge in [-0.3, -0.25) is 29.5 Å². The fraction of sp³-hybridized carbons (Fsp3) is 0.188. The Morgan fingerprint density at radius 3 is 2.19 bits per heavy atom. The number of nitrogens with zero attached hydrogens (tertiary/aromatic N) is 3. The van der Waals surface area contributed by atoms with Crippen molar-refractivity contribution < 1.29 is 37.5 Å². The molecule has 6 aromatic rings. The number of carbonyl (C=O) groups is 4. The summed E-state index contributed by atoms with van der Waals surface area (Å²) in [7, 11) is 0. The van der Waals surface area contributed by atoms with Crippen molar-refractivity contribution in [1.82, 2.24) is 9.99 Å². The first-order chi connectivity index (χ1) is 30.3. The Morgan fingerprint density at radius 2 is 1.48 bits per heavy atom. The van der Waals surface area contributed by atoms with E-state index in [0.717, 1.165) is 21.8 Å². The number of phenols is 1. The Hall–Kier alpha value is -6.70. The number of aromatic nitrogens is 1. The van der Waals surface area contributed by atoms with Crippen LogP contribution >= 0.6 is 23.2 Å². The zero-order valence-corrected chi connectivity index (χ0v) is 34.3. The molecule has 2 saturated heterocycles. The third-order valence-electron chi connectivity index (χ3n) is 13.0. The first-order valence-electron chi connectivity index (χ1n) is 20.1. The topological polar surface area (TPSA) is 132 Å². The molecule has 3 N–H and O–H groups in total. The number of hydrogen-bond donors (Lipinski definition) is 3. The van der Waals surface area contributed by atoms with Crippen molar-refractivity contribution in [2.24, 2.45) is 23.7 Å². The number of aromatic hydroxyl groups is 1. The van der Waals surface area contributed by atoms with E-state index in [1.54, 1.807) is 66.7 Å². The van der Waals surface area contributed by atoms with Crippen LogP contribution in [0.1, 0.15) is 35.4 Å². The van der Waals surface area contributed by atoms with Gasteiger partial charge in [-0.2, -0.15) is 18.2 Å². The standard InChI is InChI=1S/C48H34Cl2F3N5O5/c49-28-13-11-26(12-14-28)47-36(44(61)58(46(47)63)56-42-37(50)22-27(24-54-42)48(51,52)53)23-35-33(41(47)40-32-9-5-4-6-25(32)10-21-38(40)59)19-20-34-39(35)45(62)57(43(34)60)31-17-15-30(16-18-31)55-29-7-2-1-3-8-29/h1-19,21-22,24,34-36,39,41,55,59H,20,23H2,(H,54,56). The molecule has 2 aliphatic heterocycles. The molecule has 10 nitrogen and oxygen atoms in total. The zero-order valence-electron chi connectivity index (χ0n) is 32.8. The van der Waals surface area contributed by atoms with Crippen LogP contribution in [0.4, 0.5) is 36.1 Å². The summed E-state index contributed by atoms with van der Waals surface area (Å²) in [4.78, 5) is 65.1. The normalized spacial score (nSPS) is 24.3. The number of benzene rings is 5. The van der Waals surface area contributed by atoms with Crippen LogP contribution in [-0.2, 0) is 30.8 Å². The smallest absolute Gasteiger partial charge is 0.417 e. The van der Waals surface area contributed by atoms with E-state index < -0.39 is 75.4 Å². The molecular weight excluding hydrogens is 854 g/mol. The van der Waals surface area contributed by atoms with E-state index in [4.69, 9.17) is 23.2 Å². The van der Waals surface area contributed by atoms with Gasteiger partial charge in [0.15, 0.2) is 5.82 Å². The predicted molar refractivity (Wildman–Crippen MR) is 231 cm³/mol. The van der Waals surface area contributed by atoms with E-state index in [2.05, 4.69) is 15.7 Å². The van der Waals surface area contributed by atoms with Gasteiger partial charge in [-0.25, -0.2) is 4.98 Å². The van der Waals surface area contributed by atoms with Crippen LogP contribution in [0.15, 0.2) is 139 Å². The number of carbonyl (C=O) groups excluding carboxylic acids is 4. The molecular formula is C48H34Cl2F3N5O5. The summed E-state index contributed by atoms with van der Waals surface area (Å²) in [5.74, 6) is -7.87. The molecule has 4 amide bonds. The van der Waals surface area contributed by atoms with Gasteiger partial charge in [-0.15, -0.1) is 0 Å². The summed E-state index contributed by atoms with van der Waals surface area (Å²) in [6.45, 7) is 0. The predicted octanol–water partition coefficient (Wildman–Crippen LogP) is 10.2. The van der Waals surface area contributed by atoms with E-state index in [0.29, 0.717) is 45.1 Å². The highest BCUT2D eigenvalue weighted by Gasteiger charge is 2.71. The van der Waals surface area contributed by atoms with Crippen LogP contribution < -0.4 is 15.6 Å². The van der Waals surface area contributed by atoms with Crippen molar-refractivity contribution in [2.45, 2.75) is 30.4 Å². The molecule has 2 aliphatic carbocycles. The number of anilines is 4. The highest BCUT2D eigenvalue weighted by molar-refractivity contribution is 6.33. The molecule has 6 unspecified atom stereocenters. The molecule has 0 spiro atoms. The Bertz CT molecular complexity index is 2910. The van der Waals surface area contributed by atoms with Crippen molar-refractivity contribution in [3.8, 4) is 5.75 Å². The minimum atomic E-state index is -4.77. The van der Waals surface area contributed by atoms with Gasteiger partial charge in [-0.1, -0.05) is 95.5 Å². The Balaban J connectivity index is 1.12. The van der Waals surface area contributed by atoms with Gasteiger partial charge in [0.05, 0.1) is 39.4 Å². The first-order valence-corrected chi connectivity index (χ1v) is 20.9. The number of fused-ring (bicyclic) bond motifs is 5. The molecule has 0 bridgehead atoms. The van der Waals surface area contributed by atoms with E-state index >= 15 is 9.59 Å². The molecule has 3 fully saturated rings. The van der Waals surface area contributed by atoms with Gasteiger partial charge < -0.3 is 10.4 Å². The van der Waals surface area contributed by atoms with Crippen molar-refractivity contribution in [3.63, 3.8) is 0 Å². The van der Waals surface area contributed by atoms with Gasteiger partial charge in [0.1, 0.15) is 5.75 Å². The van der Waals surface area contributed by atoms with Gasteiger partial charge in [0.25, 0.3) is 11.8 Å². The van der Waals surface area contributed by atoms with Crippen molar-refractivity contribution in [3.05, 3.63) is 166 Å². The molecule has 3 heterocycles. The van der Waals surface area contributed by atoms with Crippen molar-refractivity contribution in [1.29, 1.82) is 0 Å². The summed E-state index contributed by atoms with van der Waals surface area (Å²) < 4.78 is 40.9. The van der Waals surface area contributed by atoms with E-state index in [-0.39, 0.29) is 24.4 Å². The van der Waals surface area contributed by atoms with Gasteiger partial charge in [-0.05, 0) is 95.8 Å². The summed E-state index contributed by atoms with van der Waals surface area (Å²) in [6, 6.07) is 34.0. The monoisotopic (exact) mass is 887 g/mol. The number of halogens is 5. The van der Waals surface area contributed by atoms with Crippen molar-refractivity contribution in [2.75, 3.05) is 15.6 Å². The Morgan fingerprint density at radius 1 is 0.778 bits per heavy atom. The van der Waals surface area contributed by atoms with Gasteiger partial charge >= 0.3 is 6.18 Å². The quantitative estimate of drug-likeness (QED) is 0.107. The maximum Gasteiger partial charge on any atom is 0.417 e. The van der Waals surface area contributed by atoms with Crippen LogP contribution in [0.25, 0.3) is 10.8 Å². The first kappa shape index (κ1) is 40.4. The third kappa shape index (κ3) is 6.35. The second-order valence-electron chi connectivity index (χ2n) is 16.2. The second-order valence-corrected chi connectivity index (χ2v) is 17.0. The van der Waals surface area contributed by atoms with Gasteiger partial charge in [0.2, 0.25) is 11.8 Å². The molecule has 0 radical (unpaired) electrons. The van der Waals surface area contributed by atoms with Crippen LogP contribution in [0.5, 0.6) is 5.75 Å². The third-order valence-corrected chi connectivity index (χ3v) is 13.5. The van der Waals surface area contributed by atoms with E-state index in [1.807, 2.05) is 48.5 Å². The number of amides is 4. The molecule has 5 aromatic carbocycles. The number of rotatable bonds is 7. The lowest BCUT2D eigenvalue weighted by atomic mass is 9.48. The number of para-hydroxylation sites is 1. The molecule has 316 valence electrons. The minimum absolute atomic E-state index is 0.0820. The molecule has 1 aromatic heterocycles. The molecule has 15 heteroatoms. The Labute approximate surface area is 367 Å². The average Bonchev–Trinajstić information content (AvgIpc) is 3.65. The fourth-order valence-corrected chi connectivity index (χ4v) is 10.7. The zero-order chi connectivity index (χ0) is 43.9. The largest absolute Gasteiger partial charge is 0.508 e. The SMILES string of the molecule is O=C1C2CC3C(=CCC4C(=O)N(c5ccc(Nc6ccccc6)cc5)C(=O)C43)C(c3c(O)ccc4ccccc34)C2(c2ccc(Cl)cc2)C(=O)N1Nc1ncc(C(F)(F)F)cc1Cl. The number of imide groups is 2. The number of pyridine rings is 1. The maximum absolute atomic E-state index is 15.6. The minimum Gasteiger partial charge on any atom is -0.508 e. The molecule has 4 aliphatic rings. The Kier molecular flexibility index (Phi) is 9.61. The lowest BCUT2D eigenvalue weighted by molar-refractivity contribution is -0.139. The summed E-state index contributed by atoms with van der Waals surface area (Å²) in [5, 5.41) is 17.2. The van der Waals surface area contributed by atoms with Crippen molar-refractivity contribution >= 4 is 80.5 Å². The lowest BCUT2D eigenvalue weighted by Crippen LogP contribution is -2.53. The van der Waals surface area contributed by atoms with E-state index in [1.165, 1.54) is 11.0 Å². The maximum atomic E-state index is 15.6. The van der Waals surface area contributed by atoms with Crippen LogP contribution in [0.3, 0.4) is 0 Å². The van der Waals surface area contributed by atoms with Gasteiger partial charge in [0, 0.05) is 34.1 Å². The average molecular weight is 889 g/mol. The molecule has 6 atom stereocenters. The summed E-state index contributed by atoms with van der Waals surface area (Å²) in [5.41, 5.74) is 2.93. The van der Waals surface area contributed by atoms with Crippen LogP contribution in [-0.4, -0.2) is 38.7 Å². The number of nitrogens with one attached hydrogen (secondary N) is 2. The second kappa shape index (κ2) is 15.0. The molecule has 10 rings (SSSR count). The van der Waals surface area contributed by atoms with Crippen LogP contribution in [0.2, 0.25) is 10.0 Å². The lowest BCUT2D eigenvalue weighted by Gasteiger charge is -2.51. The van der Waals surface area contributed by atoms with Crippen LogP contribution in [0, 0.1) is 23.7 Å². The molecule has 63 heavy (non-hydrogen) atoms. The number of allylic oxidation sites excluding steroid dienone is 2. The highest BCUT2D eigenvalue weighted by atomic mass is 35.5. The number of hydrazine groups is 1. The summed E-state index contributed by atoms with van der Waals surface area (Å²) >= 11 is 12.7. The highest BCUT2D eigenvalue weighted by Crippen LogP contribution is 2.65. The van der Waals surface area contributed by atoms with E-state index in [9.17, 15) is 27.9 Å². The molecule has 1 saturated carbocycles. The summed E-state index contributed by atoms with van der Waals surface area (Å²) in [6.07, 6.45) is -2.31. The number of phenolic OH excluding ortho intramolecular Hbond substituents is 1. The number of hydrogen-bond acceptors (Lipinski definition) is 8. The fourth-order valence-electron chi connectivity index (χ4n) is 10.3.